The molecule has 3 aliphatic rings. The van der Waals surface area contributed by atoms with Crippen molar-refractivity contribution in [3.05, 3.63) is 0 Å². The van der Waals surface area contributed by atoms with Crippen molar-refractivity contribution < 1.29 is 0 Å². The molecule has 2 aliphatic carbocycles. The first-order valence-electron chi connectivity index (χ1n) is 5.87. The molecule has 0 atom stereocenters. The highest BCUT2D eigenvalue weighted by atomic mass is 32.2. The van der Waals surface area contributed by atoms with Gasteiger partial charge in [-0.15, -0.1) is 0 Å². The Balaban J connectivity index is 1.59. The first kappa shape index (κ1) is 9.08. The number of aliphatic imine (C=N–C) groups is 1. The van der Waals surface area contributed by atoms with Gasteiger partial charge in [0.2, 0.25) is 0 Å². The predicted octanol–water partition coefficient (Wildman–Crippen LogP) is 2.26. The van der Waals surface area contributed by atoms with Gasteiger partial charge < -0.3 is 5.32 Å². The number of nitrogens with one attached hydrogen (secondary N) is 1. The highest BCUT2D eigenvalue weighted by Crippen LogP contribution is 2.44. The molecule has 0 radical (unpaired) electrons. The van der Waals surface area contributed by atoms with E-state index in [9.17, 15) is 0 Å². The van der Waals surface area contributed by atoms with E-state index < -0.39 is 0 Å². The van der Waals surface area contributed by atoms with Crippen LogP contribution in [-0.4, -0.2) is 23.5 Å². The van der Waals surface area contributed by atoms with Gasteiger partial charge in [-0.1, -0.05) is 11.8 Å². The number of amidine groups is 1. The Hall–Kier alpha value is -0.180. The highest BCUT2D eigenvalue weighted by Gasteiger charge is 2.41. The van der Waals surface area contributed by atoms with Crippen molar-refractivity contribution in [1.29, 1.82) is 0 Å². The molecular weight excluding hydrogens is 192 g/mol. The molecular formula is C11H18N2S. The van der Waals surface area contributed by atoms with Gasteiger partial charge >= 0.3 is 0 Å². The van der Waals surface area contributed by atoms with E-state index in [4.69, 9.17) is 0 Å². The summed E-state index contributed by atoms with van der Waals surface area (Å²) in [6.45, 7) is 1.04. The van der Waals surface area contributed by atoms with Crippen LogP contribution in [0.15, 0.2) is 4.99 Å². The minimum absolute atomic E-state index is 0.777. The zero-order valence-electron chi connectivity index (χ0n) is 8.54. The van der Waals surface area contributed by atoms with Crippen molar-refractivity contribution in [3.8, 4) is 0 Å². The quantitative estimate of drug-likeness (QED) is 0.772. The van der Waals surface area contributed by atoms with Crippen molar-refractivity contribution in [2.45, 2.75) is 38.1 Å². The zero-order chi connectivity index (χ0) is 9.38. The van der Waals surface area contributed by atoms with Crippen LogP contribution in [0.25, 0.3) is 0 Å². The SMILES string of the molecule is C1CN=C(NC(C2CC2)C2CC2)SC1. The Morgan fingerprint density at radius 1 is 1.21 bits per heavy atom. The monoisotopic (exact) mass is 210 g/mol. The number of rotatable bonds is 3. The fraction of sp³-hybridized carbons (Fsp3) is 0.909. The molecule has 1 N–H and O–H groups in total. The smallest absolute Gasteiger partial charge is 0.156 e. The van der Waals surface area contributed by atoms with Crippen molar-refractivity contribution in [2.75, 3.05) is 12.3 Å². The van der Waals surface area contributed by atoms with Crippen LogP contribution in [0.3, 0.4) is 0 Å². The van der Waals surface area contributed by atoms with Crippen LogP contribution in [0.5, 0.6) is 0 Å². The van der Waals surface area contributed by atoms with E-state index in [0.717, 1.165) is 24.4 Å². The van der Waals surface area contributed by atoms with Crippen LogP contribution in [0.1, 0.15) is 32.1 Å². The Morgan fingerprint density at radius 2 is 1.93 bits per heavy atom. The lowest BCUT2D eigenvalue weighted by Gasteiger charge is -2.21. The molecule has 2 nitrogen and oxygen atoms in total. The first-order valence-corrected chi connectivity index (χ1v) is 6.86. The Bertz CT molecular complexity index is 232. The van der Waals surface area contributed by atoms with Crippen LogP contribution < -0.4 is 5.32 Å². The maximum absolute atomic E-state index is 4.56. The molecule has 0 aromatic heterocycles. The molecule has 14 heavy (non-hydrogen) atoms. The molecule has 78 valence electrons. The molecule has 3 heteroatoms. The Morgan fingerprint density at radius 3 is 2.43 bits per heavy atom. The fourth-order valence-corrected chi connectivity index (χ4v) is 3.09. The third kappa shape index (κ3) is 2.08. The summed E-state index contributed by atoms with van der Waals surface area (Å²) in [5.74, 6) is 3.22. The van der Waals surface area contributed by atoms with Gasteiger partial charge in [0.25, 0.3) is 0 Å². The van der Waals surface area contributed by atoms with Crippen LogP contribution >= 0.6 is 11.8 Å². The molecule has 2 saturated carbocycles. The summed E-state index contributed by atoms with van der Waals surface area (Å²) >= 11 is 1.92. The van der Waals surface area contributed by atoms with Gasteiger partial charge in [-0.25, -0.2) is 0 Å². The number of hydrogen-bond donors (Lipinski definition) is 1. The molecule has 1 aliphatic heterocycles. The minimum atomic E-state index is 0.777. The molecule has 2 fully saturated rings. The largest absolute Gasteiger partial charge is 0.362 e. The predicted molar refractivity (Wildman–Crippen MR) is 61.7 cm³/mol. The topological polar surface area (TPSA) is 24.4 Å². The van der Waals surface area contributed by atoms with Crippen molar-refractivity contribution in [2.24, 2.45) is 16.8 Å². The molecule has 0 bridgehead atoms. The minimum Gasteiger partial charge on any atom is -0.362 e. The Kier molecular flexibility index (Phi) is 2.44. The number of nitrogens with zero attached hydrogens (tertiary/aromatic N) is 1. The maximum Gasteiger partial charge on any atom is 0.156 e. The van der Waals surface area contributed by atoms with E-state index in [1.165, 1.54) is 43.0 Å². The molecule has 0 aromatic carbocycles. The molecule has 1 heterocycles. The zero-order valence-corrected chi connectivity index (χ0v) is 9.35. The van der Waals surface area contributed by atoms with Crippen LogP contribution in [0.2, 0.25) is 0 Å². The van der Waals surface area contributed by atoms with Gasteiger partial charge in [0.1, 0.15) is 0 Å². The first-order chi connectivity index (χ1) is 6.93. The molecule has 0 amide bonds. The van der Waals surface area contributed by atoms with Crippen LogP contribution in [0, 0.1) is 11.8 Å². The lowest BCUT2D eigenvalue weighted by Crippen LogP contribution is -2.37. The van der Waals surface area contributed by atoms with E-state index in [1.54, 1.807) is 0 Å². The number of thioether (sulfide) groups is 1. The second-order valence-electron chi connectivity index (χ2n) is 4.73. The van der Waals surface area contributed by atoms with E-state index in [1.807, 2.05) is 11.8 Å². The third-order valence-electron chi connectivity index (χ3n) is 3.35. The van der Waals surface area contributed by atoms with Crippen molar-refractivity contribution in [1.82, 2.24) is 5.32 Å². The average Bonchev–Trinajstić information content (AvgIpc) is 3.08. The summed E-state index contributed by atoms with van der Waals surface area (Å²) in [6, 6.07) is 0.777. The van der Waals surface area contributed by atoms with Crippen LogP contribution in [-0.2, 0) is 0 Å². The van der Waals surface area contributed by atoms with Gasteiger partial charge in [-0.05, 0) is 43.9 Å². The van der Waals surface area contributed by atoms with E-state index in [2.05, 4.69) is 10.3 Å². The summed E-state index contributed by atoms with van der Waals surface area (Å²) in [4.78, 5) is 4.56. The van der Waals surface area contributed by atoms with Gasteiger partial charge in [-0.3, -0.25) is 4.99 Å². The highest BCUT2D eigenvalue weighted by molar-refractivity contribution is 8.13. The standard InChI is InChI=1S/C11H18N2S/c1-6-12-11(14-7-1)13-10(8-2-3-8)9-4-5-9/h8-10H,1-7H2,(H,12,13). The molecule has 0 aromatic rings. The number of hydrogen-bond acceptors (Lipinski definition) is 3. The third-order valence-corrected chi connectivity index (χ3v) is 4.36. The summed E-state index contributed by atoms with van der Waals surface area (Å²) < 4.78 is 0. The Labute approximate surface area is 89.9 Å². The van der Waals surface area contributed by atoms with Crippen molar-refractivity contribution >= 4 is 16.9 Å². The molecule has 0 spiro atoms. The van der Waals surface area contributed by atoms with E-state index in [0.29, 0.717) is 0 Å². The van der Waals surface area contributed by atoms with Crippen LogP contribution in [0.4, 0.5) is 0 Å². The summed E-state index contributed by atoms with van der Waals surface area (Å²) in [6.07, 6.45) is 7.06. The summed E-state index contributed by atoms with van der Waals surface area (Å²) in [5.41, 5.74) is 0. The van der Waals surface area contributed by atoms with E-state index in [-0.39, 0.29) is 0 Å². The lowest BCUT2D eigenvalue weighted by molar-refractivity contribution is 0.484. The van der Waals surface area contributed by atoms with Gasteiger partial charge in [0.15, 0.2) is 5.17 Å². The molecule has 3 rings (SSSR count). The van der Waals surface area contributed by atoms with E-state index >= 15 is 0 Å². The molecule has 0 unspecified atom stereocenters. The second kappa shape index (κ2) is 3.76. The van der Waals surface area contributed by atoms with Gasteiger partial charge in [-0.2, -0.15) is 0 Å². The molecule has 0 saturated heterocycles. The summed E-state index contributed by atoms with van der Waals surface area (Å²) in [7, 11) is 0. The normalized spacial score (nSPS) is 27.6. The van der Waals surface area contributed by atoms with Crippen molar-refractivity contribution in [3.63, 3.8) is 0 Å². The average molecular weight is 210 g/mol. The maximum atomic E-state index is 4.56. The van der Waals surface area contributed by atoms with Gasteiger partial charge in [0.05, 0.1) is 0 Å². The second-order valence-corrected chi connectivity index (χ2v) is 5.82. The van der Waals surface area contributed by atoms with Gasteiger partial charge in [0, 0.05) is 18.3 Å². The fourth-order valence-electron chi connectivity index (χ4n) is 2.22. The lowest BCUT2D eigenvalue weighted by atomic mass is 10.1. The summed E-state index contributed by atoms with van der Waals surface area (Å²) in [5, 5.41) is 4.93.